The van der Waals surface area contributed by atoms with Crippen molar-refractivity contribution < 1.29 is 0 Å². The average Bonchev–Trinajstić information content (AvgIpc) is 3.59. The third-order valence-electron chi connectivity index (χ3n) is 11.1. The van der Waals surface area contributed by atoms with Gasteiger partial charge in [0.2, 0.25) is 0 Å². The number of nitrogens with zero attached hydrogens (tertiary/aromatic N) is 2. The Kier molecular flexibility index (Phi) is 5.94. The van der Waals surface area contributed by atoms with Crippen LogP contribution in [0.4, 0.5) is 0 Å². The molecule has 0 fully saturated rings. The lowest BCUT2D eigenvalue weighted by molar-refractivity contribution is 0.588. The summed E-state index contributed by atoms with van der Waals surface area (Å²) in [6.07, 6.45) is 4.61. The molecular weight excluding hydrogens is 621 g/mol. The van der Waals surface area contributed by atoms with Crippen molar-refractivity contribution in [3.63, 3.8) is 0 Å². The fourth-order valence-corrected chi connectivity index (χ4v) is 8.84. The maximum Gasteiger partial charge on any atom is 0.260 e. The molecule has 238 valence electrons. The predicted molar refractivity (Wildman–Crippen MR) is 212 cm³/mol. The molecule has 11 rings (SSSR count). The van der Waals surface area contributed by atoms with E-state index in [4.69, 9.17) is 4.99 Å². The van der Waals surface area contributed by atoms with Crippen molar-refractivity contribution in [3.8, 4) is 11.1 Å². The first-order valence-electron chi connectivity index (χ1n) is 17.6. The first-order chi connectivity index (χ1) is 25.2. The Morgan fingerprint density at radius 1 is 0.451 bits per heavy atom. The zero-order valence-electron chi connectivity index (χ0n) is 27.6. The summed E-state index contributed by atoms with van der Waals surface area (Å²) in [5.74, 6) is 0. The van der Waals surface area contributed by atoms with Crippen LogP contribution in [0, 0.1) is 0 Å². The van der Waals surface area contributed by atoms with E-state index in [0.717, 1.165) is 60.4 Å². The summed E-state index contributed by atoms with van der Waals surface area (Å²) >= 11 is 0. The minimum atomic E-state index is -0.276. The third-order valence-corrected chi connectivity index (χ3v) is 11.1. The van der Waals surface area contributed by atoms with Crippen molar-refractivity contribution in [3.05, 3.63) is 197 Å². The Morgan fingerprint density at radius 2 is 0.961 bits per heavy atom. The second-order valence-electron chi connectivity index (χ2n) is 13.8. The standard InChI is InChI=1S/C48H30N2O/c51-48-42-24-10-23-40-39(37-21-8-15-30-12-2-5-18-34(30)37)25-26-41(45(40)42)47-49-46-43(38-22-9-16-31-13-3-6-19-35(31)38)27-32(28-44(46)50(47)48)36-20-7-14-29-11-1-4-17-33(29)36/h1-28,44,46H. The van der Waals surface area contributed by atoms with Gasteiger partial charge in [-0.05, 0) is 89.3 Å². The summed E-state index contributed by atoms with van der Waals surface area (Å²) in [5.41, 5.74) is 7.59. The second kappa shape index (κ2) is 10.7. The maximum atomic E-state index is 14.9. The molecule has 0 saturated carbocycles. The van der Waals surface area contributed by atoms with Crippen molar-refractivity contribution in [2.24, 2.45) is 4.99 Å². The fraction of sp³-hybridized carbons (Fsp3) is 0.0417. The first kappa shape index (κ1) is 28.3. The highest BCUT2D eigenvalue weighted by molar-refractivity contribution is 6.17. The van der Waals surface area contributed by atoms with E-state index in [1.807, 2.05) is 16.7 Å². The summed E-state index contributed by atoms with van der Waals surface area (Å²) in [7, 11) is 0. The highest BCUT2D eigenvalue weighted by Crippen LogP contribution is 2.44. The van der Waals surface area contributed by atoms with E-state index < -0.39 is 0 Å². The van der Waals surface area contributed by atoms with E-state index >= 15 is 0 Å². The van der Waals surface area contributed by atoms with Gasteiger partial charge in [-0.25, -0.2) is 0 Å². The van der Waals surface area contributed by atoms with Crippen LogP contribution in [-0.4, -0.2) is 10.6 Å². The lowest BCUT2D eigenvalue weighted by Crippen LogP contribution is -2.35. The molecule has 0 N–H and O–H groups in total. The summed E-state index contributed by atoms with van der Waals surface area (Å²) in [4.78, 5) is 20.4. The van der Waals surface area contributed by atoms with Gasteiger partial charge in [0.25, 0.3) is 5.56 Å². The van der Waals surface area contributed by atoms with E-state index in [1.54, 1.807) is 0 Å². The molecule has 2 atom stereocenters. The van der Waals surface area contributed by atoms with E-state index in [-0.39, 0.29) is 17.6 Å². The van der Waals surface area contributed by atoms with Gasteiger partial charge in [0.15, 0.2) is 0 Å². The number of fused-ring (bicyclic) bond motifs is 7. The van der Waals surface area contributed by atoms with Crippen molar-refractivity contribution in [1.82, 2.24) is 4.57 Å². The molecule has 0 amide bonds. The zero-order valence-corrected chi connectivity index (χ0v) is 27.6. The van der Waals surface area contributed by atoms with Gasteiger partial charge in [0.1, 0.15) is 11.5 Å². The molecule has 3 heteroatoms. The van der Waals surface area contributed by atoms with Gasteiger partial charge < -0.3 is 0 Å². The summed E-state index contributed by atoms with van der Waals surface area (Å²) in [5, 5.41) is 10.9. The van der Waals surface area contributed by atoms with E-state index in [1.165, 1.54) is 32.3 Å². The van der Waals surface area contributed by atoms with Gasteiger partial charge in [-0.1, -0.05) is 152 Å². The smallest absolute Gasteiger partial charge is 0.260 e. The number of hydrogen-bond acceptors (Lipinski definition) is 2. The quantitative estimate of drug-likeness (QED) is 0.187. The molecule has 0 bridgehead atoms. The van der Waals surface area contributed by atoms with Crippen LogP contribution in [0.3, 0.4) is 0 Å². The molecule has 0 radical (unpaired) electrons. The lowest BCUT2D eigenvalue weighted by Gasteiger charge is -2.27. The Labute approximate surface area is 293 Å². The number of benzene rings is 8. The van der Waals surface area contributed by atoms with Crippen LogP contribution in [0.2, 0.25) is 0 Å². The van der Waals surface area contributed by atoms with Gasteiger partial charge in [0, 0.05) is 16.2 Å². The van der Waals surface area contributed by atoms with Crippen molar-refractivity contribution in [2.45, 2.75) is 12.1 Å². The highest BCUT2D eigenvalue weighted by atomic mass is 16.1. The van der Waals surface area contributed by atoms with Crippen LogP contribution in [0.15, 0.2) is 180 Å². The van der Waals surface area contributed by atoms with Gasteiger partial charge in [-0.2, -0.15) is 0 Å². The molecule has 2 heterocycles. The Hall–Kier alpha value is -6.58. The number of rotatable bonds is 3. The second-order valence-corrected chi connectivity index (χ2v) is 13.8. The zero-order chi connectivity index (χ0) is 33.6. The van der Waals surface area contributed by atoms with E-state index in [9.17, 15) is 4.79 Å². The molecule has 51 heavy (non-hydrogen) atoms. The largest absolute Gasteiger partial charge is 0.283 e. The Balaban J connectivity index is 1.20. The monoisotopic (exact) mass is 650 g/mol. The molecule has 9 aromatic rings. The van der Waals surface area contributed by atoms with Crippen LogP contribution in [-0.2, 0) is 0 Å². The Morgan fingerprint density at radius 3 is 1.67 bits per heavy atom. The predicted octanol–water partition coefficient (Wildman–Crippen LogP) is 10.7. The normalized spacial score (nSPS) is 16.7. The van der Waals surface area contributed by atoms with Crippen LogP contribution >= 0.6 is 0 Å². The highest BCUT2D eigenvalue weighted by Gasteiger charge is 2.37. The molecule has 3 nitrogen and oxygen atoms in total. The number of aromatic nitrogens is 1. The number of hydrogen-bond donors (Lipinski definition) is 0. The summed E-state index contributed by atoms with van der Waals surface area (Å²) < 4.78 is 1.97. The molecule has 2 unspecified atom stereocenters. The lowest BCUT2D eigenvalue weighted by atomic mass is 9.82. The van der Waals surface area contributed by atoms with E-state index in [2.05, 4.69) is 158 Å². The molecule has 8 aromatic carbocycles. The van der Waals surface area contributed by atoms with Gasteiger partial charge in [-0.15, -0.1) is 0 Å². The van der Waals surface area contributed by atoms with Gasteiger partial charge >= 0.3 is 0 Å². The summed E-state index contributed by atoms with van der Waals surface area (Å²) in [6, 6.07) is 55.1. The molecular formula is C48H30N2O. The van der Waals surface area contributed by atoms with Crippen molar-refractivity contribution in [2.75, 3.05) is 0 Å². The minimum absolute atomic E-state index is 0.00195. The molecule has 1 aliphatic heterocycles. The van der Waals surface area contributed by atoms with Gasteiger partial charge in [-0.3, -0.25) is 14.4 Å². The molecule has 1 aromatic heterocycles. The van der Waals surface area contributed by atoms with Crippen LogP contribution in [0.25, 0.3) is 76.1 Å². The summed E-state index contributed by atoms with van der Waals surface area (Å²) in [6.45, 7) is 0. The van der Waals surface area contributed by atoms with Crippen LogP contribution in [0.5, 0.6) is 0 Å². The van der Waals surface area contributed by atoms with Crippen molar-refractivity contribution >= 4 is 65.0 Å². The SMILES string of the molecule is O=c1c2cccc3c(-c4cccc5ccccc45)ccc(c4n1C1C=C(c5cccc6ccccc56)C=C(c5cccc6ccccc56)C1N=4)c32. The molecule has 1 aliphatic carbocycles. The van der Waals surface area contributed by atoms with Crippen LogP contribution < -0.4 is 11.0 Å². The Bertz CT molecular complexity index is 3110. The number of allylic oxidation sites excluding steroid dienone is 2. The average molecular weight is 651 g/mol. The van der Waals surface area contributed by atoms with E-state index in [0.29, 0.717) is 0 Å². The maximum absolute atomic E-state index is 14.9. The first-order valence-corrected chi connectivity index (χ1v) is 17.6. The van der Waals surface area contributed by atoms with Gasteiger partial charge in [0.05, 0.1) is 6.04 Å². The fourth-order valence-electron chi connectivity index (χ4n) is 8.84. The van der Waals surface area contributed by atoms with Crippen LogP contribution in [0.1, 0.15) is 17.2 Å². The molecule has 0 saturated heterocycles. The number of pyridine rings is 1. The molecule has 0 spiro atoms. The van der Waals surface area contributed by atoms with Crippen molar-refractivity contribution in [1.29, 1.82) is 0 Å². The minimum Gasteiger partial charge on any atom is -0.283 e. The molecule has 2 aliphatic rings. The topological polar surface area (TPSA) is 34.4 Å². The third kappa shape index (κ3) is 4.06.